The summed E-state index contributed by atoms with van der Waals surface area (Å²) in [4.78, 5) is 8.23. The van der Waals surface area contributed by atoms with E-state index in [1.54, 1.807) is 0 Å². The average Bonchev–Trinajstić information content (AvgIpc) is 2.37. The second-order valence-corrected chi connectivity index (χ2v) is 5.14. The maximum atomic E-state index is 5.69. The third kappa shape index (κ3) is 3.20. The Morgan fingerprint density at radius 2 is 1.89 bits per heavy atom. The topological polar surface area (TPSA) is 47.0 Å². The molecule has 0 aliphatic heterocycles. The first kappa shape index (κ1) is 13.3. The Hall–Kier alpha value is -1.14. The van der Waals surface area contributed by atoms with Gasteiger partial charge in [0, 0.05) is 11.0 Å². The predicted molar refractivity (Wildman–Crippen MR) is 78.1 cm³/mol. The number of ether oxygens (including phenoxy) is 1. The van der Waals surface area contributed by atoms with Gasteiger partial charge in [-0.05, 0) is 47.1 Å². The highest BCUT2D eigenvalue weighted by Crippen LogP contribution is 2.32. The van der Waals surface area contributed by atoms with E-state index in [0.29, 0.717) is 5.88 Å². The number of rotatable bonds is 4. The van der Waals surface area contributed by atoms with Gasteiger partial charge in [-0.15, -0.1) is 0 Å². The molecule has 0 bridgehead atoms. The van der Waals surface area contributed by atoms with Gasteiger partial charge in [-0.1, -0.05) is 15.9 Å². The van der Waals surface area contributed by atoms with Crippen LogP contribution >= 0.6 is 31.9 Å². The van der Waals surface area contributed by atoms with Crippen molar-refractivity contribution < 1.29 is 4.74 Å². The molecule has 0 saturated heterocycles. The molecule has 1 heterocycles. The fourth-order valence-corrected chi connectivity index (χ4v) is 2.02. The molecule has 0 aliphatic rings. The zero-order chi connectivity index (χ0) is 13.0. The van der Waals surface area contributed by atoms with Crippen LogP contribution in [0.5, 0.6) is 11.6 Å². The number of halogens is 2. The van der Waals surface area contributed by atoms with Crippen molar-refractivity contribution in [3.8, 4) is 11.6 Å². The highest BCUT2D eigenvalue weighted by atomic mass is 79.9. The average molecular weight is 373 g/mol. The zero-order valence-electron chi connectivity index (χ0n) is 9.65. The van der Waals surface area contributed by atoms with Crippen molar-refractivity contribution in [2.45, 2.75) is 6.92 Å². The molecule has 0 unspecified atom stereocenters. The molecule has 0 amide bonds. The summed E-state index contributed by atoms with van der Waals surface area (Å²) in [6, 6.07) is 7.56. The number of nitrogens with one attached hydrogen (secondary N) is 1. The summed E-state index contributed by atoms with van der Waals surface area (Å²) in [5.41, 5.74) is 0. The predicted octanol–water partition coefficient (Wildman–Crippen LogP) is 4.23. The fourth-order valence-electron chi connectivity index (χ4n) is 1.33. The number of anilines is 1. The van der Waals surface area contributed by atoms with Crippen LogP contribution in [0, 0.1) is 0 Å². The van der Waals surface area contributed by atoms with E-state index in [1.807, 2.05) is 31.2 Å². The first-order valence-corrected chi connectivity index (χ1v) is 6.97. The molecule has 6 heteroatoms. The lowest BCUT2D eigenvalue weighted by atomic mass is 10.3. The van der Waals surface area contributed by atoms with Crippen LogP contribution in [0.1, 0.15) is 6.92 Å². The lowest BCUT2D eigenvalue weighted by Gasteiger charge is -2.09. The molecule has 1 aromatic carbocycles. The van der Waals surface area contributed by atoms with E-state index in [9.17, 15) is 0 Å². The summed E-state index contributed by atoms with van der Waals surface area (Å²) in [6.45, 7) is 2.79. The molecule has 2 aromatic rings. The van der Waals surface area contributed by atoms with Gasteiger partial charge in [-0.2, -0.15) is 0 Å². The molecule has 0 radical (unpaired) electrons. The van der Waals surface area contributed by atoms with Crippen molar-refractivity contribution in [3.63, 3.8) is 0 Å². The Morgan fingerprint density at radius 1 is 1.17 bits per heavy atom. The van der Waals surface area contributed by atoms with E-state index in [1.165, 1.54) is 6.33 Å². The van der Waals surface area contributed by atoms with Crippen molar-refractivity contribution >= 4 is 37.7 Å². The van der Waals surface area contributed by atoms with Crippen molar-refractivity contribution in [1.29, 1.82) is 0 Å². The highest BCUT2D eigenvalue weighted by molar-refractivity contribution is 9.11. The van der Waals surface area contributed by atoms with E-state index in [0.717, 1.165) is 27.1 Å². The van der Waals surface area contributed by atoms with Crippen LogP contribution in [0.15, 0.2) is 39.5 Å². The number of aromatic nitrogens is 2. The third-order valence-electron chi connectivity index (χ3n) is 2.13. The van der Waals surface area contributed by atoms with E-state index < -0.39 is 0 Å². The summed E-state index contributed by atoms with van der Waals surface area (Å²) in [6.07, 6.45) is 1.47. The smallest absolute Gasteiger partial charge is 0.238 e. The fraction of sp³-hybridized carbons (Fsp3) is 0.167. The van der Waals surface area contributed by atoms with Gasteiger partial charge in [-0.25, -0.2) is 9.97 Å². The van der Waals surface area contributed by atoms with Gasteiger partial charge in [0.05, 0.1) is 0 Å². The summed E-state index contributed by atoms with van der Waals surface area (Å²) >= 11 is 6.81. The van der Waals surface area contributed by atoms with Crippen molar-refractivity contribution in [1.82, 2.24) is 9.97 Å². The second-order valence-electron chi connectivity index (χ2n) is 3.43. The van der Waals surface area contributed by atoms with Gasteiger partial charge in [0.2, 0.25) is 5.88 Å². The van der Waals surface area contributed by atoms with E-state index >= 15 is 0 Å². The minimum atomic E-state index is 0.489. The molecular formula is C12H11Br2N3O. The molecule has 0 atom stereocenters. The van der Waals surface area contributed by atoms with Gasteiger partial charge in [0.15, 0.2) is 0 Å². The lowest BCUT2D eigenvalue weighted by Crippen LogP contribution is -2.02. The van der Waals surface area contributed by atoms with Gasteiger partial charge in [0.25, 0.3) is 0 Å². The van der Waals surface area contributed by atoms with Crippen molar-refractivity contribution in [3.05, 3.63) is 39.5 Å². The SMILES string of the molecule is CCNc1ncnc(Oc2ccc(Br)cc2)c1Br. The molecule has 0 aliphatic carbocycles. The van der Waals surface area contributed by atoms with Crippen LogP contribution in [0.25, 0.3) is 0 Å². The number of benzene rings is 1. The minimum absolute atomic E-state index is 0.489. The van der Waals surface area contributed by atoms with Crippen LogP contribution in [-0.2, 0) is 0 Å². The van der Waals surface area contributed by atoms with Gasteiger partial charge < -0.3 is 10.1 Å². The molecule has 0 spiro atoms. The first-order chi connectivity index (χ1) is 8.70. The Bertz CT molecular complexity index is 531. The molecule has 0 fully saturated rings. The van der Waals surface area contributed by atoms with Gasteiger partial charge in [-0.3, -0.25) is 0 Å². The van der Waals surface area contributed by atoms with Gasteiger partial charge >= 0.3 is 0 Å². The molecule has 1 N–H and O–H groups in total. The molecule has 0 saturated carbocycles. The monoisotopic (exact) mass is 371 g/mol. The Morgan fingerprint density at radius 3 is 2.56 bits per heavy atom. The minimum Gasteiger partial charge on any atom is -0.438 e. The van der Waals surface area contributed by atoms with E-state index in [4.69, 9.17) is 4.74 Å². The molecular weight excluding hydrogens is 362 g/mol. The van der Waals surface area contributed by atoms with E-state index in [-0.39, 0.29) is 0 Å². The molecule has 1 aromatic heterocycles. The number of hydrogen-bond donors (Lipinski definition) is 1. The van der Waals surface area contributed by atoms with Gasteiger partial charge in [0.1, 0.15) is 22.4 Å². The molecule has 18 heavy (non-hydrogen) atoms. The Kier molecular flexibility index (Phi) is 4.54. The second kappa shape index (κ2) is 6.15. The molecule has 4 nitrogen and oxygen atoms in total. The molecule has 2 rings (SSSR count). The Balaban J connectivity index is 2.23. The van der Waals surface area contributed by atoms with Crippen LogP contribution in [-0.4, -0.2) is 16.5 Å². The zero-order valence-corrected chi connectivity index (χ0v) is 12.8. The van der Waals surface area contributed by atoms with Crippen LogP contribution < -0.4 is 10.1 Å². The summed E-state index contributed by atoms with van der Waals surface area (Å²) < 4.78 is 7.41. The standard InChI is InChI=1S/C12H11Br2N3O/c1-2-15-11-10(14)12(17-7-16-11)18-9-5-3-8(13)4-6-9/h3-7H,2H2,1H3,(H,15,16,17). The quantitative estimate of drug-likeness (QED) is 0.872. The lowest BCUT2D eigenvalue weighted by molar-refractivity contribution is 0.458. The van der Waals surface area contributed by atoms with Crippen molar-refractivity contribution in [2.24, 2.45) is 0 Å². The summed E-state index contributed by atoms with van der Waals surface area (Å²) in [7, 11) is 0. The van der Waals surface area contributed by atoms with Crippen molar-refractivity contribution in [2.75, 3.05) is 11.9 Å². The summed E-state index contributed by atoms with van der Waals surface area (Å²) in [5.74, 6) is 1.93. The largest absolute Gasteiger partial charge is 0.438 e. The van der Waals surface area contributed by atoms with E-state index in [2.05, 4.69) is 47.1 Å². The maximum Gasteiger partial charge on any atom is 0.238 e. The molecule has 94 valence electrons. The van der Waals surface area contributed by atoms with Crippen LogP contribution in [0.4, 0.5) is 5.82 Å². The first-order valence-electron chi connectivity index (χ1n) is 5.38. The number of nitrogens with zero attached hydrogens (tertiary/aromatic N) is 2. The Labute approximate surface area is 122 Å². The highest BCUT2D eigenvalue weighted by Gasteiger charge is 2.10. The van der Waals surface area contributed by atoms with Crippen LogP contribution in [0.2, 0.25) is 0 Å². The number of hydrogen-bond acceptors (Lipinski definition) is 4. The normalized spacial score (nSPS) is 10.2. The van der Waals surface area contributed by atoms with Crippen LogP contribution in [0.3, 0.4) is 0 Å². The summed E-state index contributed by atoms with van der Waals surface area (Å²) in [5, 5.41) is 3.13. The third-order valence-corrected chi connectivity index (χ3v) is 3.37. The maximum absolute atomic E-state index is 5.69.